The van der Waals surface area contributed by atoms with Gasteiger partial charge in [0.2, 0.25) is 0 Å². The second-order valence-electron chi connectivity index (χ2n) is 3.46. The summed E-state index contributed by atoms with van der Waals surface area (Å²) in [6, 6.07) is -0.528. The maximum absolute atomic E-state index is 11.4. The van der Waals surface area contributed by atoms with Crippen LogP contribution in [0.5, 0.6) is 0 Å². The lowest BCUT2D eigenvalue weighted by atomic mass is 10.1. The molecule has 15 heavy (non-hydrogen) atoms. The zero-order valence-electron chi connectivity index (χ0n) is 8.71. The Morgan fingerprint density at radius 3 is 2.87 bits per heavy atom. The van der Waals surface area contributed by atoms with Crippen molar-refractivity contribution in [2.75, 3.05) is 6.54 Å². The van der Waals surface area contributed by atoms with E-state index in [0.29, 0.717) is 12.4 Å². The number of aryl methyl sites for hydroxylation is 1. The summed E-state index contributed by atoms with van der Waals surface area (Å²) in [6.45, 7) is 2.48. The Balaban J connectivity index is 2.35. The van der Waals surface area contributed by atoms with Gasteiger partial charge in [-0.15, -0.1) is 0 Å². The van der Waals surface area contributed by atoms with E-state index in [2.05, 4.69) is 10.1 Å². The molecule has 80 valence electrons. The van der Waals surface area contributed by atoms with E-state index >= 15 is 0 Å². The van der Waals surface area contributed by atoms with E-state index in [1.807, 2.05) is 20.2 Å². The molecule has 2 rings (SSSR count). The van der Waals surface area contributed by atoms with Gasteiger partial charge in [0.1, 0.15) is 11.9 Å². The summed E-state index contributed by atoms with van der Waals surface area (Å²) in [5, 5.41) is 4.06. The molecule has 1 unspecified atom stereocenters. The summed E-state index contributed by atoms with van der Waals surface area (Å²) >= 11 is 0. The van der Waals surface area contributed by atoms with Crippen LogP contribution in [0.15, 0.2) is 17.4 Å². The normalized spacial score (nSPS) is 20.9. The summed E-state index contributed by atoms with van der Waals surface area (Å²) in [5.74, 6) is 0.342. The zero-order valence-corrected chi connectivity index (χ0v) is 8.71. The molecule has 2 N–H and O–H groups in total. The van der Waals surface area contributed by atoms with Crippen LogP contribution < -0.4 is 5.73 Å². The van der Waals surface area contributed by atoms with Crippen LogP contribution in [0.1, 0.15) is 18.5 Å². The predicted octanol–water partition coefficient (Wildman–Crippen LogP) is 0.274. The number of likely N-dealkylation sites (N-methyl/N-ethyl adjacent to an activating group) is 1. The molecule has 0 aromatic carbocycles. The van der Waals surface area contributed by atoms with Gasteiger partial charge in [-0.1, -0.05) is 0 Å². The van der Waals surface area contributed by atoms with Gasteiger partial charge in [-0.2, -0.15) is 10.1 Å². The largest absolute Gasteiger partial charge is 0.385 e. The molecule has 2 amide bonds. The number of aromatic nitrogens is 2. The third-order valence-corrected chi connectivity index (χ3v) is 2.44. The van der Waals surface area contributed by atoms with E-state index in [-0.39, 0.29) is 12.1 Å². The van der Waals surface area contributed by atoms with Crippen molar-refractivity contribution in [2.45, 2.75) is 13.0 Å². The molecule has 0 saturated carbocycles. The molecule has 0 bridgehead atoms. The fourth-order valence-corrected chi connectivity index (χ4v) is 1.76. The number of rotatable bonds is 2. The summed E-state index contributed by atoms with van der Waals surface area (Å²) < 4.78 is 1.68. The van der Waals surface area contributed by atoms with Gasteiger partial charge in [-0.05, 0) is 6.92 Å². The second-order valence-corrected chi connectivity index (χ2v) is 3.46. The van der Waals surface area contributed by atoms with Gasteiger partial charge in [-0.25, -0.2) is 4.79 Å². The van der Waals surface area contributed by atoms with Crippen molar-refractivity contribution < 1.29 is 4.79 Å². The van der Waals surface area contributed by atoms with Crippen molar-refractivity contribution in [1.29, 1.82) is 0 Å². The maximum atomic E-state index is 11.4. The average Bonchev–Trinajstić information content (AvgIpc) is 2.70. The lowest BCUT2D eigenvalue weighted by molar-refractivity contribution is 0.210. The molecule has 1 aromatic heterocycles. The third kappa shape index (κ3) is 1.47. The average molecular weight is 207 g/mol. The second kappa shape index (κ2) is 3.38. The minimum absolute atomic E-state index is 0.254. The quantitative estimate of drug-likeness (QED) is 0.756. The zero-order chi connectivity index (χ0) is 11.0. The molecular weight excluding hydrogens is 194 g/mol. The lowest BCUT2D eigenvalue weighted by Crippen LogP contribution is -2.32. The van der Waals surface area contributed by atoms with E-state index in [1.54, 1.807) is 15.8 Å². The van der Waals surface area contributed by atoms with Gasteiger partial charge < -0.3 is 10.6 Å². The summed E-state index contributed by atoms with van der Waals surface area (Å²) in [4.78, 5) is 16.8. The Morgan fingerprint density at radius 2 is 2.33 bits per heavy atom. The molecule has 1 aliphatic rings. The van der Waals surface area contributed by atoms with Crippen molar-refractivity contribution >= 4 is 11.9 Å². The SMILES string of the molecule is CCN1C(=O)N=C(N)C1c1cnn(C)c1. The molecule has 0 fully saturated rings. The Bertz CT molecular complexity index is 422. The smallest absolute Gasteiger partial charge is 0.346 e. The number of urea groups is 1. The fourth-order valence-electron chi connectivity index (χ4n) is 1.76. The molecule has 0 saturated heterocycles. The minimum atomic E-state index is -0.274. The maximum Gasteiger partial charge on any atom is 0.346 e. The molecule has 0 spiro atoms. The predicted molar refractivity (Wildman–Crippen MR) is 55.3 cm³/mol. The topological polar surface area (TPSA) is 76.5 Å². The first-order valence-corrected chi connectivity index (χ1v) is 4.76. The fraction of sp³-hybridized carbons (Fsp3) is 0.444. The number of amidine groups is 1. The third-order valence-electron chi connectivity index (χ3n) is 2.44. The highest BCUT2D eigenvalue weighted by Crippen LogP contribution is 2.25. The van der Waals surface area contributed by atoms with Crippen LogP contribution in [0.3, 0.4) is 0 Å². The molecule has 6 nitrogen and oxygen atoms in total. The summed E-state index contributed by atoms with van der Waals surface area (Å²) in [6.07, 6.45) is 3.54. The molecule has 1 aliphatic heterocycles. The monoisotopic (exact) mass is 207 g/mol. The van der Waals surface area contributed by atoms with Crippen LogP contribution in [0.2, 0.25) is 0 Å². The number of carbonyl (C=O) groups is 1. The van der Waals surface area contributed by atoms with Gasteiger partial charge in [0.25, 0.3) is 0 Å². The summed E-state index contributed by atoms with van der Waals surface area (Å²) in [5.41, 5.74) is 6.62. The summed E-state index contributed by atoms with van der Waals surface area (Å²) in [7, 11) is 1.82. The van der Waals surface area contributed by atoms with Gasteiger partial charge >= 0.3 is 6.03 Å². The van der Waals surface area contributed by atoms with Crippen molar-refractivity contribution in [3.8, 4) is 0 Å². The van der Waals surface area contributed by atoms with E-state index < -0.39 is 0 Å². The number of amides is 2. The highest BCUT2D eigenvalue weighted by Gasteiger charge is 2.33. The lowest BCUT2D eigenvalue weighted by Gasteiger charge is -2.21. The van der Waals surface area contributed by atoms with E-state index in [9.17, 15) is 4.79 Å². The number of carbonyl (C=O) groups excluding carboxylic acids is 1. The first kappa shape index (κ1) is 9.70. The van der Waals surface area contributed by atoms with Crippen molar-refractivity contribution in [3.05, 3.63) is 18.0 Å². The first-order valence-electron chi connectivity index (χ1n) is 4.76. The van der Waals surface area contributed by atoms with Crippen LogP contribution in [-0.2, 0) is 7.05 Å². The van der Waals surface area contributed by atoms with Crippen LogP contribution in [-0.4, -0.2) is 33.1 Å². The molecule has 1 aromatic rings. The Labute approximate surface area is 87.4 Å². The number of hydrogen-bond donors (Lipinski definition) is 1. The Kier molecular flexibility index (Phi) is 2.18. The minimum Gasteiger partial charge on any atom is -0.385 e. The van der Waals surface area contributed by atoms with Gasteiger partial charge in [0, 0.05) is 25.4 Å². The molecule has 1 atom stereocenters. The molecular formula is C9H13N5O. The first-order chi connectivity index (χ1) is 7.13. The van der Waals surface area contributed by atoms with E-state index in [1.165, 1.54) is 0 Å². The van der Waals surface area contributed by atoms with E-state index in [0.717, 1.165) is 5.56 Å². The van der Waals surface area contributed by atoms with Crippen LogP contribution in [0.4, 0.5) is 4.79 Å². The molecule has 0 radical (unpaired) electrons. The number of hydrogen-bond acceptors (Lipinski definition) is 3. The Morgan fingerprint density at radius 1 is 1.60 bits per heavy atom. The van der Waals surface area contributed by atoms with E-state index in [4.69, 9.17) is 5.73 Å². The molecule has 6 heteroatoms. The number of nitrogens with zero attached hydrogens (tertiary/aromatic N) is 4. The Hall–Kier alpha value is -1.85. The van der Waals surface area contributed by atoms with Gasteiger partial charge in [0.15, 0.2) is 0 Å². The highest BCUT2D eigenvalue weighted by molar-refractivity contribution is 6.03. The van der Waals surface area contributed by atoms with Crippen LogP contribution in [0, 0.1) is 0 Å². The van der Waals surface area contributed by atoms with Crippen LogP contribution in [0.25, 0.3) is 0 Å². The van der Waals surface area contributed by atoms with Gasteiger partial charge in [0.05, 0.1) is 6.20 Å². The van der Waals surface area contributed by atoms with Gasteiger partial charge in [-0.3, -0.25) is 4.68 Å². The van der Waals surface area contributed by atoms with Crippen molar-refractivity contribution in [1.82, 2.24) is 14.7 Å². The van der Waals surface area contributed by atoms with Crippen molar-refractivity contribution in [2.24, 2.45) is 17.8 Å². The number of aliphatic imine (C=N–C) groups is 1. The highest BCUT2D eigenvalue weighted by atomic mass is 16.2. The number of nitrogens with two attached hydrogens (primary N) is 1. The van der Waals surface area contributed by atoms with Crippen molar-refractivity contribution in [3.63, 3.8) is 0 Å². The standard InChI is InChI=1S/C9H13N5O/c1-3-14-7(8(10)12-9(14)15)6-4-11-13(2)5-6/h4-5,7H,3H2,1-2H3,(H2,10,12,15). The van der Waals surface area contributed by atoms with Crippen LogP contribution >= 0.6 is 0 Å². The molecule has 2 heterocycles. The molecule has 0 aliphatic carbocycles.